The molecule has 1 amide bonds. The van der Waals surface area contributed by atoms with E-state index in [9.17, 15) is 4.79 Å². The summed E-state index contributed by atoms with van der Waals surface area (Å²) in [5.41, 5.74) is 2.92. The van der Waals surface area contributed by atoms with E-state index >= 15 is 0 Å². The maximum Gasteiger partial charge on any atom is 0.237 e. The molecule has 0 unspecified atom stereocenters. The number of nitriles is 1. The first-order valence-corrected chi connectivity index (χ1v) is 8.21. The lowest BCUT2D eigenvalue weighted by molar-refractivity contribution is -0.136. The summed E-state index contributed by atoms with van der Waals surface area (Å²) in [6.07, 6.45) is 5.78. The SMILES string of the molecule is N#Cc1ccc(CN2CCN(CCCc3cn[nH]c3)CC2=O)cc1. The Hall–Kier alpha value is -2.65. The molecule has 0 bridgehead atoms. The van der Waals surface area contributed by atoms with Gasteiger partial charge in [0.05, 0.1) is 24.4 Å². The van der Waals surface area contributed by atoms with Gasteiger partial charge in [0.15, 0.2) is 0 Å². The molecular weight excluding hydrogens is 302 g/mol. The third-order valence-corrected chi connectivity index (χ3v) is 4.35. The zero-order valence-electron chi connectivity index (χ0n) is 13.6. The Bertz CT molecular complexity index is 702. The molecule has 0 radical (unpaired) electrons. The minimum absolute atomic E-state index is 0.175. The molecule has 1 fully saturated rings. The first-order valence-electron chi connectivity index (χ1n) is 8.21. The van der Waals surface area contributed by atoms with Crippen LogP contribution in [0.15, 0.2) is 36.7 Å². The minimum Gasteiger partial charge on any atom is -0.336 e. The molecule has 3 rings (SSSR count). The van der Waals surface area contributed by atoms with E-state index in [2.05, 4.69) is 21.2 Å². The maximum atomic E-state index is 12.3. The number of H-pyrrole nitrogens is 1. The van der Waals surface area contributed by atoms with Gasteiger partial charge in [0.25, 0.3) is 0 Å². The van der Waals surface area contributed by atoms with Crippen LogP contribution in [-0.4, -0.2) is 52.1 Å². The number of aromatic nitrogens is 2. The largest absolute Gasteiger partial charge is 0.336 e. The van der Waals surface area contributed by atoms with Crippen LogP contribution in [0.3, 0.4) is 0 Å². The summed E-state index contributed by atoms with van der Waals surface area (Å²) in [4.78, 5) is 16.5. The van der Waals surface area contributed by atoms with Crippen molar-refractivity contribution in [3.63, 3.8) is 0 Å². The van der Waals surface area contributed by atoms with Gasteiger partial charge < -0.3 is 4.90 Å². The molecule has 1 aliphatic rings. The van der Waals surface area contributed by atoms with Gasteiger partial charge in [-0.25, -0.2) is 0 Å². The number of hydrogen-bond donors (Lipinski definition) is 1. The van der Waals surface area contributed by atoms with Crippen molar-refractivity contribution >= 4 is 5.91 Å². The fraction of sp³-hybridized carbons (Fsp3) is 0.389. The molecule has 0 spiro atoms. The third-order valence-electron chi connectivity index (χ3n) is 4.35. The standard InChI is InChI=1S/C18H21N5O/c19-10-15-3-5-16(6-4-15)13-23-9-8-22(14-18(23)24)7-1-2-17-11-20-21-12-17/h3-6,11-12H,1-2,7-9,13-14H2,(H,20,21). The van der Waals surface area contributed by atoms with E-state index in [4.69, 9.17) is 5.26 Å². The molecule has 24 heavy (non-hydrogen) atoms. The second-order valence-corrected chi connectivity index (χ2v) is 6.11. The smallest absolute Gasteiger partial charge is 0.237 e. The van der Waals surface area contributed by atoms with Crippen molar-refractivity contribution in [2.45, 2.75) is 19.4 Å². The van der Waals surface area contributed by atoms with E-state index < -0.39 is 0 Å². The van der Waals surface area contributed by atoms with Crippen LogP contribution in [0.2, 0.25) is 0 Å². The monoisotopic (exact) mass is 323 g/mol. The van der Waals surface area contributed by atoms with E-state index in [1.807, 2.05) is 29.4 Å². The Morgan fingerprint density at radius 2 is 2.04 bits per heavy atom. The number of nitrogens with zero attached hydrogens (tertiary/aromatic N) is 4. The maximum absolute atomic E-state index is 12.3. The van der Waals surface area contributed by atoms with Crippen LogP contribution in [0.25, 0.3) is 0 Å². The topological polar surface area (TPSA) is 76.0 Å². The van der Waals surface area contributed by atoms with Gasteiger partial charge >= 0.3 is 0 Å². The number of nitrogens with one attached hydrogen (secondary N) is 1. The van der Waals surface area contributed by atoms with Crippen molar-refractivity contribution < 1.29 is 4.79 Å². The van der Waals surface area contributed by atoms with Gasteiger partial charge in [-0.05, 0) is 42.6 Å². The average Bonchev–Trinajstić information content (AvgIpc) is 3.11. The highest BCUT2D eigenvalue weighted by molar-refractivity contribution is 5.79. The molecule has 0 saturated carbocycles. The van der Waals surface area contributed by atoms with Gasteiger partial charge in [-0.3, -0.25) is 14.8 Å². The first-order chi connectivity index (χ1) is 11.7. The lowest BCUT2D eigenvalue weighted by Crippen LogP contribution is -2.50. The predicted octanol–water partition coefficient (Wildman–Crippen LogP) is 1.56. The van der Waals surface area contributed by atoms with Gasteiger partial charge in [0.2, 0.25) is 5.91 Å². The Balaban J connectivity index is 1.44. The van der Waals surface area contributed by atoms with Gasteiger partial charge in [-0.15, -0.1) is 0 Å². The summed E-state index contributed by atoms with van der Waals surface area (Å²) in [6.45, 7) is 3.70. The summed E-state index contributed by atoms with van der Waals surface area (Å²) in [5.74, 6) is 0.175. The quantitative estimate of drug-likeness (QED) is 0.875. The van der Waals surface area contributed by atoms with Crippen LogP contribution in [0.5, 0.6) is 0 Å². The van der Waals surface area contributed by atoms with E-state index in [0.29, 0.717) is 18.7 Å². The molecule has 2 heterocycles. The normalized spacial score (nSPS) is 15.5. The van der Waals surface area contributed by atoms with Crippen molar-refractivity contribution in [1.29, 1.82) is 5.26 Å². The van der Waals surface area contributed by atoms with E-state index in [1.165, 1.54) is 5.56 Å². The Morgan fingerprint density at radius 3 is 2.71 bits per heavy atom. The molecule has 1 aliphatic heterocycles. The van der Waals surface area contributed by atoms with E-state index in [0.717, 1.165) is 38.0 Å². The van der Waals surface area contributed by atoms with Gasteiger partial charge in [-0.1, -0.05) is 12.1 Å². The molecule has 1 N–H and O–H groups in total. The summed E-state index contributed by atoms with van der Waals surface area (Å²) in [6, 6.07) is 9.54. The molecule has 6 nitrogen and oxygen atoms in total. The number of piperazine rings is 1. The molecule has 2 aromatic rings. The Kier molecular flexibility index (Phi) is 5.24. The highest BCUT2D eigenvalue weighted by atomic mass is 16.2. The summed E-state index contributed by atoms with van der Waals surface area (Å²) in [5, 5.41) is 15.6. The van der Waals surface area contributed by atoms with Crippen LogP contribution in [0.4, 0.5) is 0 Å². The zero-order valence-corrected chi connectivity index (χ0v) is 13.6. The minimum atomic E-state index is 0.175. The number of carbonyl (C=O) groups is 1. The third kappa shape index (κ3) is 4.21. The number of aryl methyl sites for hydroxylation is 1. The predicted molar refractivity (Wildman–Crippen MR) is 89.9 cm³/mol. The highest BCUT2D eigenvalue weighted by Gasteiger charge is 2.23. The molecule has 1 aromatic carbocycles. The van der Waals surface area contributed by atoms with Crippen molar-refractivity contribution in [1.82, 2.24) is 20.0 Å². The van der Waals surface area contributed by atoms with Crippen LogP contribution >= 0.6 is 0 Å². The van der Waals surface area contributed by atoms with Crippen molar-refractivity contribution in [2.24, 2.45) is 0 Å². The number of hydrogen-bond acceptors (Lipinski definition) is 4. The molecule has 0 aliphatic carbocycles. The van der Waals surface area contributed by atoms with E-state index in [-0.39, 0.29) is 5.91 Å². The van der Waals surface area contributed by atoms with Crippen molar-refractivity contribution in [2.75, 3.05) is 26.2 Å². The van der Waals surface area contributed by atoms with Gasteiger partial charge in [0.1, 0.15) is 0 Å². The lowest BCUT2D eigenvalue weighted by atomic mass is 10.1. The van der Waals surface area contributed by atoms with Gasteiger partial charge in [0, 0.05) is 25.8 Å². The second kappa shape index (κ2) is 7.75. The number of rotatable bonds is 6. The highest BCUT2D eigenvalue weighted by Crippen LogP contribution is 2.11. The van der Waals surface area contributed by atoms with Gasteiger partial charge in [-0.2, -0.15) is 10.4 Å². The summed E-state index contributed by atoms with van der Waals surface area (Å²) >= 11 is 0. The molecular formula is C18H21N5O. The molecule has 0 atom stereocenters. The number of benzene rings is 1. The molecule has 1 aromatic heterocycles. The fourth-order valence-electron chi connectivity index (χ4n) is 2.94. The zero-order chi connectivity index (χ0) is 16.8. The van der Waals surface area contributed by atoms with Crippen molar-refractivity contribution in [3.8, 4) is 6.07 Å². The second-order valence-electron chi connectivity index (χ2n) is 6.11. The lowest BCUT2D eigenvalue weighted by Gasteiger charge is -2.34. The number of aromatic amines is 1. The van der Waals surface area contributed by atoms with Crippen molar-refractivity contribution in [3.05, 3.63) is 53.3 Å². The fourth-order valence-corrected chi connectivity index (χ4v) is 2.94. The summed E-state index contributed by atoms with van der Waals surface area (Å²) in [7, 11) is 0. The Labute approximate surface area is 141 Å². The number of carbonyl (C=O) groups excluding carboxylic acids is 1. The number of amides is 1. The first kappa shape index (κ1) is 16.2. The van der Waals surface area contributed by atoms with Crippen LogP contribution in [0.1, 0.15) is 23.1 Å². The van der Waals surface area contributed by atoms with Crippen LogP contribution in [-0.2, 0) is 17.8 Å². The average molecular weight is 323 g/mol. The van der Waals surface area contributed by atoms with E-state index in [1.54, 1.807) is 12.1 Å². The van der Waals surface area contributed by atoms with Crippen LogP contribution in [0, 0.1) is 11.3 Å². The summed E-state index contributed by atoms with van der Waals surface area (Å²) < 4.78 is 0. The Morgan fingerprint density at radius 1 is 1.21 bits per heavy atom. The molecule has 124 valence electrons. The van der Waals surface area contributed by atoms with Crippen LogP contribution < -0.4 is 0 Å². The molecule has 6 heteroatoms. The molecule has 1 saturated heterocycles.